The van der Waals surface area contributed by atoms with E-state index in [0.29, 0.717) is 5.69 Å². The van der Waals surface area contributed by atoms with Crippen LogP contribution in [0.25, 0.3) is 10.6 Å². The highest BCUT2D eigenvalue weighted by molar-refractivity contribution is 7.13. The summed E-state index contributed by atoms with van der Waals surface area (Å²) in [5, 5.41) is 8.65. The summed E-state index contributed by atoms with van der Waals surface area (Å²) in [6, 6.07) is 8.76. The van der Waals surface area contributed by atoms with Gasteiger partial charge in [-0.25, -0.2) is 0 Å². The van der Waals surface area contributed by atoms with Gasteiger partial charge < -0.3 is 4.98 Å². The Hall–Kier alpha value is -2.87. The minimum Gasteiger partial charge on any atom is -0.357 e. The molecular formula is C13H11N5O2S. The van der Waals surface area contributed by atoms with Crippen LogP contribution in [0.15, 0.2) is 41.9 Å². The first-order valence-electron chi connectivity index (χ1n) is 6.07. The molecule has 0 atom stereocenters. The Morgan fingerprint density at radius 1 is 1.14 bits per heavy atom. The number of amides is 2. The molecule has 0 saturated carbocycles. The molecule has 3 aromatic rings. The third-order valence-electron chi connectivity index (χ3n) is 2.73. The summed E-state index contributed by atoms with van der Waals surface area (Å²) in [7, 11) is 0. The Kier molecular flexibility index (Phi) is 3.52. The molecule has 0 unspecified atom stereocenters. The molecule has 4 N–H and O–H groups in total. The van der Waals surface area contributed by atoms with E-state index in [1.54, 1.807) is 35.7 Å². The first-order chi connectivity index (χ1) is 10.2. The highest BCUT2D eigenvalue weighted by Gasteiger charge is 2.13. The molecule has 21 heavy (non-hydrogen) atoms. The van der Waals surface area contributed by atoms with Crippen LogP contribution in [0, 0.1) is 0 Å². The molecular weight excluding hydrogens is 290 g/mol. The molecule has 3 heterocycles. The Labute approximate surface area is 123 Å². The van der Waals surface area contributed by atoms with Gasteiger partial charge in [0.05, 0.1) is 10.6 Å². The van der Waals surface area contributed by atoms with E-state index in [2.05, 4.69) is 26.0 Å². The molecule has 3 aromatic heterocycles. The van der Waals surface area contributed by atoms with Crippen molar-refractivity contribution in [3.8, 4) is 10.6 Å². The highest BCUT2D eigenvalue weighted by atomic mass is 32.1. The molecule has 0 aliphatic rings. The second-order valence-corrected chi connectivity index (χ2v) is 5.08. The molecule has 3 rings (SSSR count). The van der Waals surface area contributed by atoms with Crippen LogP contribution in [0.1, 0.15) is 21.0 Å². The van der Waals surface area contributed by atoms with E-state index in [1.165, 1.54) is 0 Å². The summed E-state index contributed by atoms with van der Waals surface area (Å²) in [5.41, 5.74) is 5.93. The molecule has 0 bridgehead atoms. The van der Waals surface area contributed by atoms with Gasteiger partial charge in [0.1, 0.15) is 5.69 Å². The van der Waals surface area contributed by atoms with Crippen molar-refractivity contribution in [2.24, 2.45) is 0 Å². The zero-order valence-corrected chi connectivity index (χ0v) is 11.5. The fraction of sp³-hybridized carbons (Fsp3) is 0. The number of hydrogen-bond donors (Lipinski definition) is 4. The largest absolute Gasteiger partial charge is 0.357 e. The molecule has 0 aromatic carbocycles. The van der Waals surface area contributed by atoms with E-state index in [-0.39, 0.29) is 5.69 Å². The Morgan fingerprint density at radius 3 is 2.71 bits per heavy atom. The van der Waals surface area contributed by atoms with Crippen LogP contribution in [0.4, 0.5) is 0 Å². The minimum absolute atomic E-state index is 0.199. The number of aromatic amines is 2. The number of hydrogen-bond acceptors (Lipinski definition) is 4. The summed E-state index contributed by atoms with van der Waals surface area (Å²) in [6.07, 6.45) is 1.62. The van der Waals surface area contributed by atoms with Crippen LogP contribution in [-0.2, 0) is 0 Å². The van der Waals surface area contributed by atoms with Crippen molar-refractivity contribution in [3.05, 3.63) is 53.3 Å². The monoisotopic (exact) mass is 301 g/mol. The number of nitrogens with one attached hydrogen (secondary N) is 4. The number of rotatable bonds is 3. The van der Waals surface area contributed by atoms with Crippen molar-refractivity contribution < 1.29 is 9.59 Å². The van der Waals surface area contributed by atoms with Crippen molar-refractivity contribution in [3.63, 3.8) is 0 Å². The predicted molar refractivity (Wildman–Crippen MR) is 77.6 cm³/mol. The van der Waals surface area contributed by atoms with E-state index < -0.39 is 11.8 Å². The molecule has 0 aliphatic heterocycles. The van der Waals surface area contributed by atoms with E-state index >= 15 is 0 Å². The smallest absolute Gasteiger partial charge is 0.290 e. The van der Waals surface area contributed by atoms with Crippen molar-refractivity contribution >= 4 is 23.2 Å². The molecule has 0 fully saturated rings. The average Bonchev–Trinajstić information content (AvgIpc) is 3.25. The number of H-pyrrole nitrogens is 2. The van der Waals surface area contributed by atoms with E-state index in [1.807, 2.05) is 17.5 Å². The molecule has 8 heteroatoms. The summed E-state index contributed by atoms with van der Waals surface area (Å²) in [6.45, 7) is 0. The predicted octanol–water partition coefficient (Wildman–Crippen LogP) is 1.54. The Morgan fingerprint density at radius 2 is 2.00 bits per heavy atom. The van der Waals surface area contributed by atoms with E-state index in [9.17, 15) is 9.59 Å². The lowest BCUT2D eigenvalue weighted by molar-refractivity contribution is 0.0841. The standard InChI is InChI=1S/C13H11N5O2S/c19-12(8-3-1-5-14-8)17-18-13(20)10-7-9(15-16-10)11-4-2-6-21-11/h1-7,14H,(H,15,16)(H,17,19)(H,18,20). The lowest BCUT2D eigenvalue weighted by Gasteiger charge is -2.03. The van der Waals surface area contributed by atoms with Gasteiger partial charge in [-0.05, 0) is 29.6 Å². The van der Waals surface area contributed by atoms with Gasteiger partial charge >= 0.3 is 0 Å². The first kappa shape index (κ1) is 13.1. The maximum atomic E-state index is 11.9. The van der Waals surface area contributed by atoms with Crippen LogP contribution in [-0.4, -0.2) is 27.0 Å². The zero-order valence-electron chi connectivity index (χ0n) is 10.7. The molecule has 0 spiro atoms. The quantitative estimate of drug-likeness (QED) is 0.552. The fourth-order valence-electron chi connectivity index (χ4n) is 1.71. The Balaban J connectivity index is 1.62. The molecule has 0 aliphatic carbocycles. The van der Waals surface area contributed by atoms with Crippen LogP contribution in [0.2, 0.25) is 0 Å². The van der Waals surface area contributed by atoms with Gasteiger partial charge in [-0.15, -0.1) is 11.3 Å². The van der Waals surface area contributed by atoms with E-state index in [4.69, 9.17) is 0 Å². The fourth-order valence-corrected chi connectivity index (χ4v) is 2.40. The van der Waals surface area contributed by atoms with Gasteiger partial charge in [0, 0.05) is 6.20 Å². The lowest BCUT2D eigenvalue weighted by atomic mass is 10.3. The maximum absolute atomic E-state index is 11.9. The third kappa shape index (κ3) is 2.84. The summed E-state index contributed by atoms with van der Waals surface area (Å²) in [4.78, 5) is 27.3. The highest BCUT2D eigenvalue weighted by Crippen LogP contribution is 2.22. The molecule has 106 valence electrons. The lowest BCUT2D eigenvalue weighted by Crippen LogP contribution is -2.41. The summed E-state index contributed by atoms with van der Waals surface area (Å²) < 4.78 is 0. The molecule has 0 saturated heterocycles. The minimum atomic E-state index is -0.492. The van der Waals surface area contributed by atoms with Crippen LogP contribution < -0.4 is 10.9 Å². The van der Waals surface area contributed by atoms with Crippen LogP contribution in [0.5, 0.6) is 0 Å². The zero-order chi connectivity index (χ0) is 14.7. The van der Waals surface area contributed by atoms with Crippen LogP contribution >= 0.6 is 11.3 Å². The number of hydrazine groups is 1. The Bertz CT molecular complexity index is 745. The second kappa shape index (κ2) is 5.63. The SMILES string of the molecule is O=C(NNC(=O)c1ccc[nH]1)c1cc(-c2cccs2)[nH]n1. The van der Waals surface area contributed by atoms with Gasteiger partial charge in [-0.3, -0.25) is 25.5 Å². The number of carbonyl (C=O) groups is 2. The normalized spacial score (nSPS) is 10.3. The number of aromatic nitrogens is 3. The van der Waals surface area contributed by atoms with Gasteiger partial charge in [0.25, 0.3) is 11.8 Å². The number of nitrogens with zero attached hydrogens (tertiary/aromatic N) is 1. The number of carbonyl (C=O) groups excluding carboxylic acids is 2. The van der Waals surface area contributed by atoms with Crippen molar-refractivity contribution in [2.45, 2.75) is 0 Å². The third-order valence-corrected chi connectivity index (χ3v) is 3.63. The van der Waals surface area contributed by atoms with E-state index in [0.717, 1.165) is 10.6 Å². The topological polar surface area (TPSA) is 103 Å². The summed E-state index contributed by atoms with van der Waals surface area (Å²) >= 11 is 1.54. The van der Waals surface area contributed by atoms with Gasteiger partial charge in [0.15, 0.2) is 5.69 Å². The van der Waals surface area contributed by atoms with Gasteiger partial charge in [-0.1, -0.05) is 6.07 Å². The van der Waals surface area contributed by atoms with Crippen molar-refractivity contribution in [2.75, 3.05) is 0 Å². The number of thiophene rings is 1. The second-order valence-electron chi connectivity index (χ2n) is 4.14. The van der Waals surface area contributed by atoms with Gasteiger partial charge in [-0.2, -0.15) is 5.10 Å². The molecule has 2 amide bonds. The first-order valence-corrected chi connectivity index (χ1v) is 6.95. The molecule has 7 nitrogen and oxygen atoms in total. The summed E-state index contributed by atoms with van der Waals surface area (Å²) in [5.74, 6) is -0.920. The molecule has 0 radical (unpaired) electrons. The van der Waals surface area contributed by atoms with Gasteiger partial charge in [0.2, 0.25) is 0 Å². The maximum Gasteiger partial charge on any atom is 0.290 e. The van der Waals surface area contributed by atoms with Crippen molar-refractivity contribution in [1.82, 2.24) is 26.0 Å². The van der Waals surface area contributed by atoms with Crippen molar-refractivity contribution in [1.29, 1.82) is 0 Å². The van der Waals surface area contributed by atoms with Crippen LogP contribution in [0.3, 0.4) is 0 Å². The average molecular weight is 301 g/mol.